The average molecular weight is 349 g/mol. The van der Waals surface area contributed by atoms with Gasteiger partial charge in [-0.25, -0.2) is 8.78 Å². The molecule has 1 amide bonds. The van der Waals surface area contributed by atoms with E-state index in [9.17, 15) is 13.6 Å². The fourth-order valence-corrected chi connectivity index (χ4v) is 2.78. The third-order valence-corrected chi connectivity index (χ3v) is 4.01. The van der Waals surface area contributed by atoms with Gasteiger partial charge in [0.2, 0.25) is 5.91 Å². The molecule has 6 heteroatoms. The topological polar surface area (TPSA) is 57.8 Å². The number of H-pyrrole nitrogens is 1. The molecular formula is C20H13F2N3O. The Kier molecular flexibility index (Phi) is 3.93. The molecule has 0 aliphatic heterocycles. The SMILES string of the molecule is O=C(/C=C/c1cc2c(cn1)[nH]c1ccccc12)Nc1ccc(F)cc1F. The first-order valence-electron chi connectivity index (χ1n) is 7.91. The number of aromatic amines is 1. The Morgan fingerprint density at radius 2 is 1.88 bits per heavy atom. The molecule has 2 aromatic heterocycles. The molecule has 4 rings (SSSR count). The van der Waals surface area contributed by atoms with Crippen LogP contribution in [0.3, 0.4) is 0 Å². The van der Waals surface area contributed by atoms with Crippen molar-refractivity contribution in [1.82, 2.24) is 9.97 Å². The van der Waals surface area contributed by atoms with Gasteiger partial charge in [-0.3, -0.25) is 9.78 Å². The lowest BCUT2D eigenvalue weighted by Gasteiger charge is -2.03. The van der Waals surface area contributed by atoms with Crippen LogP contribution in [0.2, 0.25) is 0 Å². The molecule has 0 atom stereocenters. The van der Waals surface area contributed by atoms with Crippen LogP contribution in [0.15, 0.2) is 60.8 Å². The Labute approximate surface area is 147 Å². The highest BCUT2D eigenvalue weighted by Gasteiger charge is 2.07. The normalized spacial score (nSPS) is 11.5. The molecule has 4 nitrogen and oxygen atoms in total. The average Bonchev–Trinajstić information content (AvgIpc) is 3.00. The van der Waals surface area contributed by atoms with E-state index in [4.69, 9.17) is 0 Å². The summed E-state index contributed by atoms with van der Waals surface area (Å²) in [5, 5.41) is 4.44. The number of halogens is 2. The van der Waals surface area contributed by atoms with Crippen molar-refractivity contribution < 1.29 is 13.6 Å². The fraction of sp³-hybridized carbons (Fsp3) is 0. The molecule has 0 fully saturated rings. The first-order valence-corrected chi connectivity index (χ1v) is 7.91. The molecule has 0 aliphatic rings. The lowest BCUT2D eigenvalue weighted by Crippen LogP contribution is -2.09. The Balaban J connectivity index is 1.57. The number of benzene rings is 2. The molecule has 128 valence electrons. The Morgan fingerprint density at radius 1 is 1.04 bits per heavy atom. The molecule has 0 spiro atoms. The van der Waals surface area contributed by atoms with Gasteiger partial charge in [0.15, 0.2) is 0 Å². The van der Waals surface area contributed by atoms with Gasteiger partial charge in [0.25, 0.3) is 0 Å². The van der Waals surface area contributed by atoms with E-state index >= 15 is 0 Å². The van der Waals surface area contributed by atoms with Crippen LogP contribution >= 0.6 is 0 Å². The van der Waals surface area contributed by atoms with E-state index < -0.39 is 17.5 Å². The number of pyridine rings is 1. The lowest BCUT2D eigenvalue weighted by atomic mass is 10.1. The number of para-hydroxylation sites is 1. The number of aromatic nitrogens is 2. The molecule has 2 aromatic carbocycles. The van der Waals surface area contributed by atoms with Crippen molar-refractivity contribution in [3.8, 4) is 0 Å². The lowest BCUT2D eigenvalue weighted by molar-refractivity contribution is -0.111. The number of hydrogen-bond acceptors (Lipinski definition) is 2. The van der Waals surface area contributed by atoms with Gasteiger partial charge in [-0.15, -0.1) is 0 Å². The Bertz CT molecular complexity index is 1160. The quantitative estimate of drug-likeness (QED) is 0.529. The van der Waals surface area contributed by atoms with Crippen molar-refractivity contribution in [3.63, 3.8) is 0 Å². The number of amides is 1. The van der Waals surface area contributed by atoms with E-state index in [1.807, 2.05) is 30.3 Å². The summed E-state index contributed by atoms with van der Waals surface area (Å²) in [5.41, 5.74) is 2.43. The Morgan fingerprint density at radius 3 is 2.73 bits per heavy atom. The van der Waals surface area contributed by atoms with Crippen LogP contribution in [0.1, 0.15) is 5.69 Å². The highest BCUT2D eigenvalue weighted by atomic mass is 19.1. The van der Waals surface area contributed by atoms with Crippen molar-refractivity contribution >= 4 is 39.5 Å². The van der Waals surface area contributed by atoms with Crippen molar-refractivity contribution in [2.24, 2.45) is 0 Å². The van der Waals surface area contributed by atoms with Crippen LogP contribution in [0.4, 0.5) is 14.5 Å². The van der Waals surface area contributed by atoms with Gasteiger partial charge in [-0.2, -0.15) is 0 Å². The van der Waals surface area contributed by atoms with Crippen LogP contribution in [-0.4, -0.2) is 15.9 Å². The predicted octanol–water partition coefficient (Wildman–Crippen LogP) is 4.65. The molecule has 4 aromatic rings. The van der Waals surface area contributed by atoms with E-state index in [-0.39, 0.29) is 5.69 Å². The smallest absolute Gasteiger partial charge is 0.248 e. The summed E-state index contributed by atoms with van der Waals surface area (Å²) < 4.78 is 26.5. The van der Waals surface area contributed by atoms with Crippen LogP contribution in [-0.2, 0) is 4.79 Å². The van der Waals surface area contributed by atoms with Crippen LogP contribution in [0.5, 0.6) is 0 Å². The zero-order valence-corrected chi connectivity index (χ0v) is 13.5. The number of fused-ring (bicyclic) bond motifs is 3. The summed E-state index contributed by atoms with van der Waals surface area (Å²) in [6.07, 6.45) is 4.50. The van der Waals surface area contributed by atoms with Gasteiger partial charge < -0.3 is 10.3 Å². The van der Waals surface area contributed by atoms with Crippen LogP contribution in [0, 0.1) is 11.6 Å². The van der Waals surface area contributed by atoms with Crippen molar-refractivity contribution in [3.05, 3.63) is 78.1 Å². The maximum Gasteiger partial charge on any atom is 0.248 e. The monoisotopic (exact) mass is 349 g/mol. The van der Waals surface area contributed by atoms with Gasteiger partial charge in [-0.1, -0.05) is 18.2 Å². The maximum atomic E-state index is 13.6. The summed E-state index contributed by atoms with van der Waals surface area (Å²) >= 11 is 0. The second kappa shape index (κ2) is 6.40. The second-order valence-corrected chi connectivity index (χ2v) is 5.77. The third kappa shape index (κ3) is 3.04. The Hall–Kier alpha value is -3.54. The van der Waals surface area contributed by atoms with E-state index in [2.05, 4.69) is 15.3 Å². The minimum absolute atomic E-state index is 0.0823. The minimum Gasteiger partial charge on any atom is -0.353 e. The number of carbonyl (C=O) groups is 1. The van der Waals surface area contributed by atoms with Crippen molar-refractivity contribution in [1.29, 1.82) is 0 Å². The van der Waals surface area contributed by atoms with Gasteiger partial charge in [0.1, 0.15) is 11.6 Å². The van der Waals surface area contributed by atoms with E-state index in [0.717, 1.165) is 27.9 Å². The highest BCUT2D eigenvalue weighted by molar-refractivity contribution is 6.07. The van der Waals surface area contributed by atoms with Crippen molar-refractivity contribution in [2.45, 2.75) is 0 Å². The van der Waals surface area contributed by atoms with E-state index in [0.29, 0.717) is 11.8 Å². The van der Waals surface area contributed by atoms with Gasteiger partial charge >= 0.3 is 0 Å². The van der Waals surface area contributed by atoms with Crippen LogP contribution in [0.25, 0.3) is 27.9 Å². The summed E-state index contributed by atoms with van der Waals surface area (Å²) in [6, 6.07) is 12.7. The number of nitrogens with one attached hydrogen (secondary N) is 2. The first-order chi connectivity index (χ1) is 12.6. The summed E-state index contributed by atoms with van der Waals surface area (Å²) in [6.45, 7) is 0. The second-order valence-electron chi connectivity index (χ2n) is 5.77. The first kappa shape index (κ1) is 16.0. The highest BCUT2D eigenvalue weighted by Crippen LogP contribution is 2.25. The number of hydrogen-bond donors (Lipinski definition) is 2. The minimum atomic E-state index is -0.829. The number of rotatable bonds is 3. The van der Waals surface area contributed by atoms with Crippen molar-refractivity contribution in [2.75, 3.05) is 5.32 Å². The molecule has 0 aliphatic carbocycles. The molecule has 0 bridgehead atoms. The molecule has 0 radical (unpaired) electrons. The number of carbonyl (C=O) groups excluding carboxylic acids is 1. The zero-order valence-electron chi connectivity index (χ0n) is 13.5. The predicted molar refractivity (Wildman–Crippen MR) is 97.6 cm³/mol. The van der Waals surface area contributed by atoms with Crippen LogP contribution < -0.4 is 5.32 Å². The molecule has 2 N–H and O–H groups in total. The summed E-state index contributed by atoms with van der Waals surface area (Å²) in [7, 11) is 0. The maximum absolute atomic E-state index is 13.6. The molecule has 0 saturated carbocycles. The van der Waals surface area contributed by atoms with E-state index in [1.54, 1.807) is 6.20 Å². The molecule has 26 heavy (non-hydrogen) atoms. The molecule has 0 saturated heterocycles. The van der Waals surface area contributed by atoms with Gasteiger partial charge in [0, 0.05) is 28.4 Å². The molecule has 2 heterocycles. The fourth-order valence-electron chi connectivity index (χ4n) is 2.78. The largest absolute Gasteiger partial charge is 0.353 e. The number of nitrogens with zero attached hydrogens (tertiary/aromatic N) is 1. The molecule has 0 unspecified atom stereocenters. The van der Waals surface area contributed by atoms with Gasteiger partial charge in [-0.05, 0) is 30.3 Å². The van der Waals surface area contributed by atoms with Gasteiger partial charge in [0.05, 0.1) is 23.1 Å². The standard InChI is InChI=1S/C20H13F2N3O/c21-12-5-7-18(16(22)9-12)25-20(26)8-6-13-10-15-14-3-1-2-4-17(14)24-19(15)11-23-13/h1-11,24H,(H,25,26)/b8-6+. The third-order valence-electron chi connectivity index (χ3n) is 4.01. The summed E-state index contributed by atoms with van der Waals surface area (Å²) in [5.74, 6) is -2.06. The number of anilines is 1. The van der Waals surface area contributed by atoms with E-state index in [1.165, 1.54) is 18.2 Å². The molecular weight excluding hydrogens is 336 g/mol. The zero-order chi connectivity index (χ0) is 18.1. The summed E-state index contributed by atoms with van der Waals surface area (Å²) in [4.78, 5) is 19.5.